The first kappa shape index (κ1) is 20.9. The Morgan fingerprint density at radius 1 is 1.07 bits per heavy atom. The van der Waals surface area contributed by atoms with Crippen LogP contribution >= 0.6 is 0 Å². The van der Waals surface area contributed by atoms with Crippen molar-refractivity contribution in [3.05, 3.63) is 71.3 Å². The van der Waals surface area contributed by atoms with Crippen molar-refractivity contribution in [1.29, 1.82) is 0 Å². The molecule has 1 aliphatic heterocycles. The van der Waals surface area contributed by atoms with E-state index in [9.17, 15) is 22.8 Å². The van der Waals surface area contributed by atoms with Gasteiger partial charge < -0.3 is 9.80 Å². The van der Waals surface area contributed by atoms with Gasteiger partial charge in [-0.05, 0) is 36.1 Å². The van der Waals surface area contributed by atoms with Gasteiger partial charge in [-0.15, -0.1) is 0 Å². The molecule has 0 radical (unpaired) electrons. The molecule has 2 amide bonds. The molecule has 4 nitrogen and oxygen atoms in total. The minimum Gasteiger partial charge on any atom is -0.339 e. The maximum Gasteiger partial charge on any atom is 0.416 e. The summed E-state index contributed by atoms with van der Waals surface area (Å²) in [6.45, 7) is 0.667. The lowest BCUT2D eigenvalue weighted by Gasteiger charge is -2.36. The smallest absolute Gasteiger partial charge is 0.339 e. The number of benzene rings is 2. The van der Waals surface area contributed by atoms with Crippen molar-refractivity contribution < 1.29 is 22.8 Å². The molecule has 1 atom stereocenters. The Bertz CT molecular complexity index is 851. The molecular weight excluding hydrogens is 381 g/mol. The number of piperidine rings is 1. The molecule has 0 aromatic heterocycles. The summed E-state index contributed by atoms with van der Waals surface area (Å²) in [5.74, 6) is -0.312. The summed E-state index contributed by atoms with van der Waals surface area (Å²) in [6.07, 6.45) is -2.33. The van der Waals surface area contributed by atoms with Crippen LogP contribution in [0.5, 0.6) is 0 Å². The SMILES string of the molecule is CN(Cc1ccc(C(F)(F)F)cc1)C(=O)C(c1ccccc1)N1CCCCC1=O. The molecule has 1 heterocycles. The van der Waals surface area contributed by atoms with Gasteiger partial charge in [-0.1, -0.05) is 42.5 Å². The molecule has 0 N–H and O–H groups in total. The number of alkyl halides is 3. The van der Waals surface area contributed by atoms with E-state index in [-0.39, 0.29) is 18.4 Å². The van der Waals surface area contributed by atoms with Crippen LogP contribution < -0.4 is 0 Å². The Labute approximate surface area is 167 Å². The van der Waals surface area contributed by atoms with Gasteiger partial charge in [0.05, 0.1) is 5.56 Å². The summed E-state index contributed by atoms with van der Waals surface area (Å²) < 4.78 is 38.2. The molecule has 1 fully saturated rings. The Morgan fingerprint density at radius 3 is 2.31 bits per heavy atom. The molecule has 7 heteroatoms. The minimum atomic E-state index is -4.40. The number of rotatable bonds is 5. The predicted molar refractivity (Wildman–Crippen MR) is 103 cm³/mol. The zero-order chi connectivity index (χ0) is 21.0. The molecule has 3 rings (SSSR count). The summed E-state index contributed by atoms with van der Waals surface area (Å²) in [5, 5.41) is 0. The van der Waals surface area contributed by atoms with E-state index in [1.54, 1.807) is 11.9 Å². The highest BCUT2D eigenvalue weighted by molar-refractivity contribution is 5.89. The van der Waals surface area contributed by atoms with Crippen LogP contribution in [0.1, 0.15) is 42.0 Å². The first-order valence-electron chi connectivity index (χ1n) is 9.53. The highest BCUT2D eigenvalue weighted by Gasteiger charge is 2.34. The molecule has 2 aromatic rings. The van der Waals surface area contributed by atoms with Crippen LogP contribution in [0.25, 0.3) is 0 Å². The lowest BCUT2D eigenvalue weighted by atomic mass is 9.99. The molecule has 0 bridgehead atoms. The van der Waals surface area contributed by atoms with Crippen molar-refractivity contribution in [2.75, 3.05) is 13.6 Å². The molecule has 29 heavy (non-hydrogen) atoms. The Morgan fingerprint density at radius 2 is 1.72 bits per heavy atom. The fourth-order valence-corrected chi connectivity index (χ4v) is 3.55. The number of amides is 2. The lowest BCUT2D eigenvalue weighted by Crippen LogP contribution is -2.46. The van der Waals surface area contributed by atoms with E-state index < -0.39 is 17.8 Å². The van der Waals surface area contributed by atoms with Gasteiger partial charge in [0.2, 0.25) is 11.8 Å². The molecule has 1 aliphatic rings. The van der Waals surface area contributed by atoms with E-state index >= 15 is 0 Å². The molecule has 2 aromatic carbocycles. The van der Waals surface area contributed by atoms with Crippen LogP contribution in [0.4, 0.5) is 13.2 Å². The first-order chi connectivity index (χ1) is 13.8. The van der Waals surface area contributed by atoms with Crippen LogP contribution in [0.2, 0.25) is 0 Å². The van der Waals surface area contributed by atoms with E-state index in [2.05, 4.69) is 0 Å². The monoisotopic (exact) mass is 404 g/mol. The van der Waals surface area contributed by atoms with Gasteiger partial charge >= 0.3 is 6.18 Å². The van der Waals surface area contributed by atoms with E-state index in [1.165, 1.54) is 17.0 Å². The molecular formula is C22H23F3N2O2. The van der Waals surface area contributed by atoms with Crippen molar-refractivity contribution in [3.63, 3.8) is 0 Å². The molecule has 154 valence electrons. The second-order valence-corrected chi connectivity index (χ2v) is 7.25. The first-order valence-corrected chi connectivity index (χ1v) is 9.53. The topological polar surface area (TPSA) is 40.6 Å². The maximum absolute atomic E-state index is 13.3. The van der Waals surface area contributed by atoms with Gasteiger partial charge in [-0.3, -0.25) is 9.59 Å². The second kappa shape index (κ2) is 8.68. The number of hydrogen-bond acceptors (Lipinski definition) is 2. The average molecular weight is 404 g/mol. The average Bonchev–Trinajstić information content (AvgIpc) is 2.70. The molecule has 0 aliphatic carbocycles. The van der Waals surface area contributed by atoms with Gasteiger partial charge in [-0.25, -0.2) is 0 Å². The standard InChI is InChI=1S/C22H23F3N2O2/c1-26(15-16-10-12-18(13-11-16)22(23,24)25)21(29)20(17-7-3-2-4-8-17)27-14-6-5-9-19(27)28/h2-4,7-8,10-13,20H,5-6,9,14-15H2,1H3. The van der Waals surface area contributed by atoms with E-state index in [4.69, 9.17) is 0 Å². The van der Waals surface area contributed by atoms with Gasteiger partial charge in [0.25, 0.3) is 0 Å². The molecule has 0 saturated carbocycles. The summed E-state index contributed by atoms with van der Waals surface area (Å²) >= 11 is 0. The number of hydrogen-bond donors (Lipinski definition) is 0. The summed E-state index contributed by atoms with van der Waals surface area (Å²) in [5.41, 5.74) is 0.592. The third-order valence-electron chi connectivity index (χ3n) is 5.10. The number of likely N-dealkylation sites (N-methyl/N-ethyl adjacent to an activating group) is 1. The molecule has 1 saturated heterocycles. The zero-order valence-electron chi connectivity index (χ0n) is 16.2. The van der Waals surface area contributed by atoms with Gasteiger partial charge in [0.15, 0.2) is 0 Å². The van der Waals surface area contributed by atoms with Crippen molar-refractivity contribution in [2.45, 2.75) is 38.0 Å². The van der Waals surface area contributed by atoms with Crippen LogP contribution in [-0.4, -0.2) is 35.2 Å². The van der Waals surface area contributed by atoms with Crippen molar-refractivity contribution in [2.24, 2.45) is 0 Å². The Balaban J connectivity index is 1.80. The minimum absolute atomic E-state index is 0.0543. The summed E-state index contributed by atoms with van der Waals surface area (Å²) in [6, 6.07) is 13.1. The number of carbonyl (C=O) groups is 2. The van der Waals surface area contributed by atoms with E-state index in [1.807, 2.05) is 30.3 Å². The second-order valence-electron chi connectivity index (χ2n) is 7.25. The fraction of sp³-hybridized carbons (Fsp3) is 0.364. The number of likely N-dealkylation sites (tertiary alicyclic amines) is 1. The number of halogens is 3. The number of nitrogens with zero attached hydrogens (tertiary/aromatic N) is 2. The normalized spacial score (nSPS) is 15.9. The van der Waals surface area contributed by atoms with Crippen molar-refractivity contribution >= 4 is 11.8 Å². The highest BCUT2D eigenvalue weighted by atomic mass is 19.4. The third-order valence-corrected chi connectivity index (χ3v) is 5.10. The van der Waals surface area contributed by atoms with Crippen molar-refractivity contribution in [3.8, 4) is 0 Å². The van der Waals surface area contributed by atoms with Crippen LogP contribution in [0, 0.1) is 0 Å². The van der Waals surface area contributed by atoms with Crippen molar-refractivity contribution in [1.82, 2.24) is 9.80 Å². The largest absolute Gasteiger partial charge is 0.416 e. The van der Waals surface area contributed by atoms with E-state index in [0.717, 1.165) is 30.5 Å². The number of carbonyl (C=O) groups excluding carboxylic acids is 2. The van der Waals surface area contributed by atoms with Crippen LogP contribution in [0.3, 0.4) is 0 Å². The van der Waals surface area contributed by atoms with Gasteiger partial charge in [-0.2, -0.15) is 13.2 Å². The van der Waals surface area contributed by atoms with E-state index in [0.29, 0.717) is 18.5 Å². The van der Waals surface area contributed by atoms with Crippen LogP contribution in [0.15, 0.2) is 54.6 Å². The highest BCUT2D eigenvalue weighted by Crippen LogP contribution is 2.30. The summed E-state index contributed by atoms with van der Waals surface area (Å²) in [4.78, 5) is 28.8. The lowest BCUT2D eigenvalue weighted by molar-refractivity contribution is -0.147. The zero-order valence-corrected chi connectivity index (χ0v) is 16.2. The van der Waals surface area contributed by atoms with Gasteiger partial charge in [0, 0.05) is 26.6 Å². The van der Waals surface area contributed by atoms with Crippen LogP contribution in [-0.2, 0) is 22.3 Å². The molecule has 0 spiro atoms. The Hall–Kier alpha value is -2.83. The van der Waals surface area contributed by atoms with Gasteiger partial charge in [0.1, 0.15) is 6.04 Å². The molecule has 1 unspecified atom stereocenters. The quantitative estimate of drug-likeness (QED) is 0.740. The summed E-state index contributed by atoms with van der Waals surface area (Å²) in [7, 11) is 1.60. The maximum atomic E-state index is 13.3. The Kier molecular flexibility index (Phi) is 6.25. The predicted octanol–water partition coefficient (Wildman–Crippen LogP) is 4.42. The fourth-order valence-electron chi connectivity index (χ4n) is 3.55. The third kappa shape index (κ3) is 4.96.